The lowest BCUT2D eigenvalue weighted by molar-refractivity contribution is -0.117. The smallest absolute Gasteiger partial charge is 0.388 e. The Balaban J connectivity index is 2.38. The van der Waals surface area contributed by atoms with Crippen molar-refractivity contribution >= 4 is 5.78 Å². The van der Waals surface area contributed by atoms with Gasteiger partial charge in [0.1, 0.15) is 6.54 Å². The summed E-state index contributed by atoms with van der Waals surface area (Å²) in [5.74, 6) is -0.532. The number of nitrogens with zero attached hydrogens (tertiary/aromatic N) is 2. The zero-order chi connectivity index (χ0) is 11.5. The number of ketones is 1. The second-order valence-corrected chi connectivity index (χ2v) is 3.40. The molecule has 0 saturated heterocycles. The molecule has 0 aliphatic rings. The molecule has 0 amide bonds. The Morgan fingerprint density at radius 1 is 1.38 bits per heavy atom. The van der Waals surface area contributed by atoms with Crippen LogP contribution in [0.3, 0.4) is 0 Å². The first-order chi connectivity index (χ1) is 7.66. The predicted octanol–water partition coefficient (Wildman–Crippen LogP) is 1.09. The van der Waals surface area contributed by atoms with Gasteiger partial charge < -0.3 is 4.42 Å². The van der Waals surface area contributed by atoms with Crippen LogP contribution in [0.1, 0.15) is 6.92 Å². The van der Waals surface area contributed by atoms with Crippen molar-refractivity contribution in [3.8, 4) is 11.5 Å². The summed E-state index contributed by atoms with van der Waals surface area (Å²) in [4.78, 5) is 22.2. The number of benzene rings is 1. The van der Waals surface area contributed by atoms with Gasteiger partial charge in [-0.2, -0.15) is 4.68 Å². The van der Waals surface area contributed by atoms with Crippen molar-refractivity contribution < 1.29 is 9.21 Å². The van der Waals surface area contributed by atoms with E-state index in [1.807, 2.05) is 18.2 Å². The Kier molecular flexibility index (Phi) is 2.68. The maximum Gasteiger partial charge on any atom is 0.437 e. The molecule has 1 heterocycles. The molecular weight excluding hydrogens is 208 g/mol. The molecule has 82 valence electrons. The van der Waals surface area contributed by atoms with Gasteiger partial charge in [-0.15, -0.1) is 5.10 Å². The topological polar surface area (TPSA) is 65.1 Å². The molecule has 1 aromatic carbocycles. The number of rotatable bonds is 3. The molecule has 2 aromatic rings. The van der Waals surface area contributed by atoms with Gasteiger partial charge in [0, 0.05) is 5.56 Å². The summed E-state index contributed by atoms with van der Waals surface area (Å²) in [5.41, 5.74) is 0.710. The van der Waals surface area contributed by atoms with Gasteiger partial charge in [-0.3, -0.25) is 4.79 Å². The lowest BCUT2D eigenvalue weighted by Crippen LogP contribution is -2.19. The highest BCUT2D eigenvalue weighted by molar-refractivity contribution is 5.75. The number of carbonyl (C=O) groups excluding carboxylic acids is 1. The van der Waals surface area contributed by atoms with Crippen LogP contribution in [0.5, 0.6) is 0 Å². The summed E-state index contributed by atoms with van der Waals surface area (Å²) >= 11 is 0. The van der Waals surface area contributed by atoms with E-state index in [0.717, 1.165) is 4.68 Å². The van der Waals surface area contributed by atoms with Crippen molar-refractivity contribution in [2.75, 3.05) is 0 Å². The second kappa shape index (κ2) is 4.14. The quantitative estimate of drug-likeness (QED) is 0.773. The monoisotopic (exact) mass is 218 g/mol. The summed E-state index contributed by atoms with van der Waals surface area (Å²) in [6.45, 7) is 1.33. The van der Waals surface area contributed by atoms with Gasteiger partial charge in [-0.1, -0.05) is 18.2 Å². The maximum atomic E-state index is 11.3. The zero-order valence-electron chi connectivity index (χ0n) is 8.71. The van der Waals surface area contributed by atoms with Crippen molar-refractivity contribution in [3.05, 3.63) is 40.9 Å². The normalized spacial score (nSPS) is 10.3. The molecule has 0 atom stereocenters. The molecule has 0 unspecified atom stereocenters. The lowest BCUT2D eigenvalue weighted by Gasteiger charge is -1.92. The minimum Gasteiger partial charge on any atom is -0.388 e. The minimum atomic E-state index is -0.617. The van der Waals surface area contributed by atoms with E-state index in [4.69, 9.17) is 4.42 Å². The van der Waals surface area contributed by atoms with Crippen LogP contribution in [0.4, 0.5) is 0 Å². The van der Waals surface area contributed by atoms with Crippen LogP contribution in [0.15, 0.2) is 39.5 Å². The van der Waals surface area contributed by atoms with Crippen LogP contribution in [0.2, 0.25) is 0 Å². The van der Waals surface area contributed by atoms with Gasteiger partial charge in [0.2, 0.25) is 5.89 Å². The van der Waals surface area contributed by atoms with Gasteiger partial charge in [-0.05, 0) is 19.1 Å². The van der Waals surface area contributed by atoms with Crippen molar-refractivity contribution in [1.82, 2.24) is 9.78 Å². The van der Waals surface area contributed by atoms with E-state index in [2.05, 4.69) is 5.10 Å². The maximum absolute atomic E-state index is 11.3. The molecule has 16 heavy (non-hydrogen) atoms. The molecule has 0 fully saturated rings. The van der Waals surface area contributed by atoms with E-state index < -0.39 is 5.76 Å². The van der Waals surface area contributed by atoms with Gasteiger partial charge in [0.25, 0.3) is 0 Å². The van der Waals surface area contributed by atoms with Gasteiger partial charge >= 0.3 is 5.76 Å². The van der Waals surface area contributed by atoms with Crippen LogP contribution >= 0.6 is 0 Å². The summed E-state index contributed by atoms with van der Waals surface area (Å²) in [7, 11) is 0. The highest BCUT2D eigenvalue weighted by Crippen LogP contribution is 2.13. The third kappa shape index (κ3) is 2.08. The molecule has 0 aliphatic heterocycles. The fourth-order valence-electron chi connectivity index (χ4n) is 1.31. The van der Waals surface area contributed by atoms with Crippen molar-refractivity contribution in [2.45, 2.75) is 13.5 Å². The van der Waals surface area contributed by atoms with E-state index in [1.54, 1.807) is 12.1 Å². The Hall–Kier alpha value is -2.17. The van der Waals surface area contributed by atoms with Crippen LogP contribution in [0, 0.1) is 0 Å². The fourth-order valence-corrected chi connectivity index (χ4v) is 1.31. The molecule has 0 saturated carbocycles. The Morgan fingerprint density at radius 2 is 2.06 bits per heavy atom. The number of Topliss-reactive ketones (excluding diaryl/α,β-unsaturated/α-hetero) is 1. The molecule has 5 nitrogen and oxygen atoms in total. The highest BCUT2D eigenvalue weighted by atomic mass is 16.4. The van der Waals surface area contributed by atoms with Crippen LogP contribution in [-0.2, 0) is 11.3 Å². The molecule has 0 bridgehead atoms. The molecule has 0 spiro atoms. The number of hydrogen-bond acceptors (Lipinski definition) is 4. The van der Waals surface area contributed by atoms with E-state index in [9.17, 15) is 9.59 Å². The molecule has 5 heteroatoms. The SMILES string of the molecule is CC(=O)Cn1nc(-c2ccccc2)oc1=O. The third-order valence-corrected chi connectivity index (χ3v) is 2.00. The first-order valence-electron chi connectivity index (χ1n) is 4.79. The molecule has 2 rings (SSSR count). The van der Waals surface area contributed by atoms with Gasteiger partial charge in [-0.25, -0.2) is 4.79 Å². The Morgan fingerprint density at radius 3 is 2.69 bits per heavy atom. The average molecular weight is 218 g/mol. The Bertz CT molecular complexity index is 554. The van der Waals surface area contributed by atoms with Crippen molar-refractivity contribution in [2.24, 2.45) is 0 Å². The first kappa shape index (κ1) is 10.4. The summed E-state index contributed by atoms with van der Waals surface area (Å²) in [6.07, 6.45) is 0. The lowest BCUT2D eigenvalue weighted by atomic mass is 10.2. The average Bonchev–Trinajstić information content (AvgIpc) is 2.61. The Labute approximate surface area is 91.3 Å². The first-order valence-corrected chi connectivity index (χ1v) is 4.79. The zero-order valence-corrected chi connectivity index (χ0v) is 8.71. The summed E-state index contributed by atoms with van der Waals surface area (Å²) in [5, 5.41) is 3.94. The minimum absolute atomic E-state index is 0.0604. The molecule has 1 aromatic heterocycles. The van der Waals surface area contributed by atoms with Gasteiger partial charge in [0.05, 0.1) is 0 Å². The van der Waals surface area contributed by atoms with E-state index in [-0.39, 0.29) is 18.2 Å². The number of hydrogen-bond donors (Lipinski definition) is 0. The molecular formula is C11H10N2O3. The molecule has 0 N–H and O–H groups in total. The highest BCUT2D eigenvalue weighted by Gasteiger charge is 2.10. The van der Waals surface area contributed by atoms with E-state index >= 15 is 0 Å². The van der Waals surface area contributed by atoms with Crippen molar-refractivity contribution in [3.63, 3.8) is 0 Å². The van der Waals surface area contributed by atoms with Crippen LogP contribution < -0.4 is 5.76 Å². The van der Waals surface area contributed by atoms with Gasteiger partial charge in [0.15, 0.2) is 5.78 Å². The molecule has 0 radical (unpaired) electrons. The fraction of sp³-hybridized carbons (Fsp3) is 0.182. The second-order valence-electron chi connectivity index (χ2n) is 3.40. The number of aromatic nitrogens is 2. The predicted molar refractivity (Wildman–Crippen MR) is 56.9 cm³/mol. The van der Waals surface area contributed by atoms with E-state index in [0.29, 0.717) is 5.56 Å². The number of carbonyl (C=O) groups is 1. The third-order valence-electron chi connectivity index (χ3n) is 2.00. The standard InChI is InChI=1S/C11H10N2O3/c1-8(14)7-13-11(15)16-10(12-13)9-5-3-2-4-6-9/h2-6H,7H2,1H3. The summed E-state index contributed by atoms with van der Waals surface area (Å²) < 4.78 is 5.96. The van der Waals surface area contributed by atoms with Crippen LogP contribution in [0.25, 0.3) is 11.5 Å². The summed E-state index contributed by atoms with van der Waals surface area (Å²) in [6, 6.07) is 9.06. The largest absolute Gasteiger partial charge is 0.437 e. The van der Waals surface area contributed by atoms with Crippen LogP contribution in [-0.4, -0.2) is 15.6 Å². The van der Waals surface area contributed by atoms with Crippen molar-refractivity contribution in [1.29, 1.82) is 0 Å². The molecule has 0 aliphatic carbocycles. The van der Waals surface area contributed by atoms with E-state index in [1.165, 1.54) is 6.92 Å².